The van der Waals surface area contributed by atoms with Crippen LogP contribution in [-0.2, 0) is 0 Å². The Hall–Kier alpha value is -1.55. The summed E-state index contributed by atoms with van der Waals surface area (Å²) in [5, 5.41) is 9.08. The molecule has 0 saturated carbocycles. The predicted molar refractivity (Wildman–Crippen MR) is 80.3 cm³/mol. The van der Waals surface area contributed by atoms with Gasteiger partial charge < -0.3 is 10.6 Å². The highest BCUT2D eigenvalue weighted by atomic mass is 79.9. The summed E-state index contributed by atoms with van der Waals surface area (Å²) in [7, 11) is 0. The first-order valence-electron chi connectivity index (χ1n) is 5.99. The molecule has 3 rings (SSSR count). The Balaban J connectivity index is 2.15. The zero-order valence-electron chi connectivity index (χ0n) is 10.1. The minimum absolute atomic E-state index is 0.837. The molecule has 4 heteroatoms. The third-order valence-electron chi connectivity index (χ3n) is 3.12. The van der Waals surface area contributed by atoms with E-state index in [0.29, 0.717) is 0 Å². The van der Waals surface area contributed by atoms with Gasteiger partial charge in [0, 0.05) is 16.4 Å². The maximum Gasteiger partial charge on any atom is 0.195 e. The first kappa shape index (κ1) is 11.5. The maximum atomic E-state index is 4.37. The number of anilines is 1. The van der Waals surface area contributed by atoms with Gasteiger partial charge in [-0.3, -0.25) is 4.99 Å². The molecule has 0 spiro atoms. The van der Waals surface area contributed by atoms with Gasteiger partial charge in [0.15, 0.2) is 5.96 Å². The van der Waals surface area contributed by atoms with Crippen molar-refractivity contribution in [3.05, 3.63) is 40.4 Å². The van der Waals surface area contributed by atoms with Gasteiger partial charge in [0.2, 0.25) is 0 Å². The Morgan fingerprint density at radius 2 is 2.06 bits per heavy atom. The van der Waals surface area contributed by atoms with Crippen molar-refractivity contribution in [2.45, 2.75) is 6.92 Å². The molecule has 0 saturated heterocycles. The topological polar surface area (TPSA) is 36.4 Å². The standard InChI is InChI=1S/C14H14BrN3/c1-9-8-12(15)13(18-14-16-6-7-17-14)11-5-3-2-4-10(9)11/h2-5,8H,6-7H2,1H3,(H2,16,17,18). The van der Waals surface area contributed by atoms with Gasteiger partial charge in [0.25, 0.3) is 0 Å². The molecule has 2 N–H and O–H groups in total. The van der Waals surface area contributed by atoms with Crippen molar-refractivity contribution >= 4 is 38.3 Å². The average molecular weight is 304 g/mol. The maximum absolute atomic E-state index is 4.37. The lowest BCUT2D eigenvalue weighted by atomic mass is 10.0. The summed E-state index contributed by atoms with van der Waals surface area (Å²) < 4.78 is 1.06. The largest absolute Gasteiger partial charge is 0.354 e. The van der Waals surface area contributed by atoms with Crippen LogP contribution in [0.25, 0.3) is 10.8 Å². The first-order chi connectivity index (χ1) is 8.75. The van der Waals surface area contributed by atoms with E-state index in [-0.39, 0.29) is 0 Å². The van der Waals surface area contributed by atoms with Crippen LogP contribution < -0.4 is 10.6 Å². The van der Waals surface area contributed by atoms with E-state index >= 15 is 0 Å². The van der Waals surface area contributed by atoms with Crippen LogP contribution >= 0.6 is 15.9 Å². The van der Waals surface area contributed by atoms with E-state index < -0.39 is 0 Å². The highest BCUT2D eigenvalue weighted by Crippen LogP contribution is 2.33. The lowest BCUT2D eigenvalue weighted by Crippen LogP contribution is -2.26. The van der Waals surface area contributed by atoms with Crippen LogP contribution in [0.1, 0.15) is 5.56 Å². The number of hydrogen-bond acceptors (Lipinski definition) is 3. The molecule has 0 aliphatic carbocycles. The van der Waals surface area contributed by atoms with Crippen LogP contribution in [0.5, 0.6) is 0 Å². The van der Waals surface area contributed by atoms with Gasteiger partial charge in [0.05, 0.1) is 12.2 Å². The quantitative estimate of drug-likeness (QED) is 0.848. The normalized spacial score (nSPS) is 14.4. The summed E-state index contributed by atoms with van der Waals surface area (Å²) in [5.74, 6) is 0.852. The van der Waals surface area contributed by atoms with Crippen LogP contribution in [0.2, 0.25) is 0 Å². The SMILES string of the molecule is Cc1cc(Br)c(NC2=NCCN2)c2ccccc12. The molecule has 0 radical (unpaired) electrons. The summed E-state index contributed by atoms with van der Waals surface area (Å²) in [6, 6.07) is 10.5. The van der Waals surface area contributed by atoms with E-state index in [1.54, 1.807) is 0 Å². The van der Waals surface area contributed by atoms with E-state index in [1.165, 1.54) is 16.3 Å². The summed E-state index contributed by atoms with van der Waals surface area (Å²) in [6.45, 7) is 3.87. The fourth-order valence-corrected chi connectivity index (χ4v) is 2.90. The van der Waals surface area contributed by atoms with Crippen LogP contribution in [0.15, 0.2) is 39.8 Å². The van der Waals surface area contributed by atoms with Crippen molar-refractivity contribution in [1.29, 1.82) is 0 Å². The number of hydrogen-bond donors (Lipinski definition) is 2. The molecule has 0 atom stereocenters. The molecule has 2 aromatic rings. The third-order valence-corrected chi connectivity index (χ3v) is 3.75. The Labute approximate surface area is 114 Å². The van der Waals surface area contributed by atoms with Crippen molar-refractivity contribution in [1.82, 2.24) is 5.32 Å². The molecule has 0 unspecified atom stereocenters. The number of guanidine groups is 1. The number of aryl methyl sites for hydroxylation is 1. The predicted octanol–water partition coefficient (Wildman–Crippen LogP) is 3.28. The highest BCUT2D eigenvalue weighted by Gasteiger charge is 2.11. The molecule has 0 bridgehead atoms. The van der Waals surface area contributed by atoms with Crippen molar-refractivity contribution in [2.75, 3.05) is 18.4 Å². The molecular formula is C14H14BrN3. The van der Waals surface area contributed by atoms with Crippen molar-refractivity contribution < 1.29 is 0 Å². The van der Waals surface area contributed by atoms with E-state index in [9.17, 15) is 0 Å². The zero-order chi connectivity index (χ0) is 12.5. The second-order valence-corrected chi connectivity index (χ2v) is 5.23. The Morgan fingerprint density at radius 3 is 2.78 bits per heavy atom. The molecule has 1 aliphatic rings. The van der Waals surface area contributed by atoms with Crippen molar-refractivity contribution in [3.63, 3.8) is 0 Å². The summed E-state index contributed by atoms with van der Waals surface area (Å²) >= 11 is 3.63. The molecule has 92 valence electrons. The van der Waals surface area contributed by atoms with E-state index in [4.69, 9.17) is 0 Å². The Kier molecular flexibility index (Phi) is 2.96. The number of rotatable bonds is 1. The molecule has 1 aliphatic heterocycles. The molecule has 0 fully saturated rings. The van der Waals surface area contributed by atoms with Gasteiger partial charge in [-0.2, -0.15) is 0 Å². The minimum atomic E-state index is 0.837. The second-order valence-electron chi connectivity index (χ2n) is 4.38. The van der Waals surface area contributed by atoms with Gasteiger partial charge in [-0.1, -0.05) is 24.3 Å². The Morgan fingerprint density at radius 1 is 1.28 bits per heavy atom. The van der Waals surface area contributed by atoms with Crippen LogP contribution in [0, 0.1) is 6.92 Å². The van der Waals surface area contributed by atoms with Gasteiger partial charge in [-0.15, -0.1) is 0 Å². The van der Waals surface area contributed by atoms with E-state index in [1.807, 2.05) is 0 Å². The summed E-state index contributed by atoms with van der Waals surface area (Å²) in [5.41, 5.74) is 2.34. The minimum Gasteiger partial charge on any atom is -0.354 e. The number of aliphatic imine (C=N–C) groups is 1. The van der Waals surface area contributed by atoms with Gasteiger partial charge in [0.1, 0.15) is 0 Å². The van der Waals surface area contributed by atoms with E-state index in [2.05, 4.69) is 68.8 Å². The number of fused-ring (bicyclic) bond motifs is 1. The molecule has 1 heterocycles. The number of nitrogens with one attached hydrogen (secondary N) is 2. The molecule has 2 aromatic carbocycles. The molecule has 0 amide bonds. The Bertz CT molecular complexity index is 634. The second kappa shape index (κ2) is 4.61. The molecular weight excluding hydrogens is 290 g/mol. The fraction of sp³-hybridized carbons (Fsp3) is 0.214. The average Bonchev–Trinajstić information content (AvgIpc) is 2.87. The highest BCUT2D eigenvalue weighted by molar-refractivity contribution is 9.10. The van der Waals surface area contributed by atoms with Gasteiger partial charge in [-0.05, 0) is 39.9 Å². The summed E-state index contributed by atoms with van der Waals surface area (Å²) in [6.07, 6.45) is 0. The number of benzene rings is 2. The summed E-state index contributed by atoms with van der Waals surface area (Å²) in [4.78, 5) is 4.37. The van der Waals surface area contributed by atoms with Gasteiger partial charge in [-0.25, -0.2) is 0 Å². The van der Waals surface area contributed by atoms with Crippen molar-refractivity contribution in [2.24, 2.45) is 4.99 Å². The smallest absolute Gasteiger partial charge is 0.195 e. The fourth-order valence-electron chi connectivity index (χ4n) is 2.24. The van der Waals surface area contributed by atoms with Crippen molar-refractivity contribution in [3.8, 4) is 0 Å². The van der Waals surface area contributed by atoms with Crippen LogP contribution in [-0.4, -0.2) is 19.0 Å². The zero-order valence-corrected chi connectivity index (χ0v) is 11.7. The molecule has 0 aromatic heterocycles. The number of nitrogens with zero attached hydrogens (tertiary/aromatic N) is 1. The van der Waals surface area contributed by atoms with E-state index in [0.717, 1.165) is 29.2 Å². The lowest BCUT2D eigenvalue weighted by Gasteiger charge is -2.14. The monoisotopic (exact) mass is 303 g/mol. The first-order valence-corrected chi connectivity index (χ1v) is 6.78. The number of halogens is 1. The van der Waals surface area contributed by atoms with Gasteiger partial charge >= 0.3 is 0 Å². The lowest BCUT2D eigenvalue weighted by molar-refractivity contribution is 0.959. The third kappa shape index (κ3) is 1.97. The van der Waals surface area contributed by atoms with Crippen LogP contribution in [0.3, 0.4) is 0 Å². The molecule has 3 nitrogen and oxygen atoms in total. The molecule has 18 heavy (non-hydrogen) atoms. The van der Waals surface area contributed by atoms with Crippen LogP contribution in [0.4, 0.5) is 5.69 Å².